The van der Waals surface area contributed by atoms with Crippen LogP contribution in [0.1, 0.15) is 11.1 Å². The van der Waals surface area contributed by atoms with E-state index in [2.05, 4.69) is 14.9 Å². The summed E-state index contributed by atoms with van der Waals surface area (Å²) in [6, 6.07) is 14.5. The molecule has 0 bridgehead atoms. The molecular formula is C20H16FN3OS. The number of para-hydroxylation sites is 1. The Morgan fingerprint density at radius 3 is 2.73 bits per heavy atom. The Morgan fingerprint density at radius 1 is 1.15 bits per heavy atom. The second-order valence-electron chi connectivity index (χ2n) is 5.99. The third-order valence-corrected chi connectivity index (χ3v) is 4.86. The van der Waals surface area contributed by atoms with Gasteiger partial charge in [-0.05, 0) is 29.3 Å². The van der Waals surface area contributed by atoms with Crippen molar-refractivity contribution in [3.05, 3.63) is 83.2 Å². The van der Waals surface area contributed by atoms with Crippen LogP contribution in [-0.4, -0.2) is 15.5 Å². The quantitative estimate of drug-likeness (QED) is 0.567. The molecule has 0 aliphatic rings. The average molecular weight is 365 g/mol. The Bertz CT molecular complexity index is 1040. The molecule has 6 heteroatoms. The number of rotatable bonds is 5. The first kappa shape index (κ1) is 16.5. The molecule has 0 saturated carbocycles. The molecule has 0 aliphatic heterocycles. The fraction of sp³-hybridized carbons (Fsp3) is 0.100. The van der Waals surface area contributed by atoms with Crippen LogP contribution in [0.3, 0.4) is 0 Å². The zero-order valence-corrected chi connectivity index (χ0v) is 14.7. The van der Waals surface area contributed by atoms with Crippen molar-refractivity contribution in [1.82, 2.24) is 9.55 Å². The van der Waals surface area contributed by atoms with E-state index in [1.807, 2.05) is 35.8 Å². The fourth-order valence-corrected chi connectivity index (χ4v) is 3.55. The predicted octanol–water partition coefficient (Wildman–Crippen LogP) is 4.47. The lowest BCUT2D eigenvalue weighted by Crippen LogP contribution is -2.14. The molecule has 0 saturated heterocycles. The van der Waals surface area contributed by atoms with Crippen LogP contribution in [0.25, 0.3) is 10.9 Å². The lowest BCUT2D eigenvalue weighted by Gasteiger charge is -2.05. The van der Waals surface area contributed by atoms with Gasteiger partial charge in [0.25, 0.3) is 0 Å². The number of aromatic nitrogens is 2. The van der Waals surface area contributed by atoms with Gasteiger partial charge in [0.05, 0.1) is 6.42 Å². The molecule has 1 amide bonds. The van der Waals surface area contributed by atoms with Gasteiger partial charge in [0.1, 0.15) is 5.82 Å². The minimum absolute atomic E-state index is 0.0929. The number of carbonyl (C=O) groups excluding carboxylic acids is 1. The third-order valence-electron chi connectivity index (χ3n) is 4.17. The minimum atomic E-state index is -0.245. The van der Waals surface area contributed by atoms with Crippen LogP contribution in [0, 0.1) is 5.82 Å². The summed E-state index contributed by atoms with van der Waals surface area (Å²) in [5.74, 6) is -0.338. The van der Waals surface area contributed by atoms with Gasteiger partial charge in [-0.1, -0.05) is 30.3 Å². The van der Waals surface area contributed by atoms with Crippen molar-refractivity contribution in [2.75, 3.05) is 5.32 Å². The lowest BCUT2D eigenvalue weighted by atomic mass is 10.1. The fourth-order valence-electron chi connectivity index (χ4n) is 3.00. The second kappa shape index (κ2) is 7.09. The molecule has 0 unspecified atom stereocenters. The Kier molecular flexibility index (Phi) is 4.50. The summed E-state index contributed by atoms with van der Waals surface area (Å²) in [6.07, 6.45) is 3.93. The molecule has 0 aliphatic carbocycles. The molecule has 130 valence electrons. The Hall–Kier alpha value is -2.99. The van der Waals surface area contributed by atoms with Gasteiger partial charge >= 0.3 is 0 Å². The van der Waals surface area contributed by atoms with Crippen molar-refractivity contribution < 1.29 is 9.18 Å². The molecular weight excluding hydrogens is 349 g/mol. The zero-order valence-electron chi connectivity index (χ0n) is 13.9. The normalized spacial score (nSPS) is 11.0. The summed E-state index contributed by atoms with van der Waals surface area (Å²) in [6.45, 7) is 0.620. The number of nitrogens with one attached hydrogen (secondary N) is 1. The van der Waals surface area contributed by atoms with Crippen LogP contribution in [0.2, 0.25) is 0 Å². The van der Waals surface area contributed by atoms with Crippen LogP contribution >= 0.6 is 11.3 Å². The summed E-state index contributed by atoms with van der Waals surface area (Å²) in [5.41, 5.74) is 3.01. The highest BCUT2D eigenvalue weighted by Crippen LogP contribution is 2.23. The maximum absolute atomic E-state index is 13.1. The number of hydrogen-bond acceptors (Lipinski definition) is 3. The topological polar surface area (TPSA) is 46.9 Å². The van der Waals surface area contributed by atoms with Crippen LogP contribution < -0.4 is 5.32 Å². The van der Waals surface area contributed by atoms with E-state index in [0.29, 0.717) is 11.7 Å². The lowest BCUT2D eigenvalue weighted by molar-refractivity contribution is -0.115. The van der Waals surface area contributed by atoms with Gasteiger partial charge in [0.15, 0.2) is 5.13 Å². The number of anilines is 1. The maximum Gasteiger partial charge on any atom is 0.230 e. The molecule has 2 aromatic carbocycles. The zero-order chi connectivity index (χ0) is 17.9. The van der Waals surface area contributed by atoms with Crippen molar-refractivity contribution in [2.45, 2.75) is 13.0 Å². The second-order valence-corrected chi connectivity index (χ2v) is 6.88. The molecule has 2 aromatic heterocycles. The van der Waals surface area contributed by atoms with Gasteiger partial charge in [-0.3, -0.25) is 4.79 Å². The average Bonchev–Trinajstić information content (AvgIpc) is 3.26. The first-order valence-electron chi connectivity index (χ1n) is 8.19. The first-order valence-corrected chi connectivity index (χ1v) is 9.07. The highest BCUT2D eigenvalue weighted by molar-refractivity contribution is 7.13. The molecule has 4 rings (SSSR count). The van der Waals surface area contributed by atoms with Gasteiger partial charge in [-0.15, -0.1) is 11.3 Å². The molecule has 0 atom stereocenters. The molecule has 0 fully saturated rings. The summed E-state index contributed by atoms with van der Waals surface area (Å²) in [7, 11) is 0. The van der Waals surface area contributed by atoms with Crippen molar-refractivity contribution >= 4 is 33.3 Å². The van der Waals surface area contributed by atoms with Gasteiger partial charge in [-0.2, -0.15) is 0 Å². The van der Waals surface area contributed by atoms with E-state index >= 15 is 0 Å². The maximum atomic E-state index is 13.1. The van der Waals surface area contributed by atoms with Crippen molar-refractivity contribution in [3.63, 3.8) is 0 Å². The highest BCUT2D eigenvalue weighted by atomic mass is 32.1. The Labute approximate surface area is 153 Å². The van der Waals surface area contributed by atoms with Gasteiger partial charge in [0, 0.05) is 35.2 Å². The third kappa shape index (κ3) is 3.50. The van der Waals surface area contributed by atoms with E-state index in [1.54, 1.807) is 18.3 Å². The number of benzene rings is 2. The van der Waals surface area contributed by atoms with Crippen LogP contribution in [0.5, 0.6) is 0 Å². The predicted molar refractivity (Wildman–Crippen MR) is 102 cm³/mol. The number of hydrogen-bond donors (Lipinski definition) is 1. The van der Waals surface area contributed by atoms with E-state index in [4.69, 9.17) is 0 Å². The number of thiazole rings is 1. The standard InChI is InChI=1S/C20H16FN3OS/c21-16-7-5-14(6-8-16)12-24-13-15(17-3-1-2-4-18(17)24)11-19(25)23-20-22-9-10-26-20/h1-10,13H,11-12H2,(H,22,23,25). The summed E-state index contributed by atoms with van der Waals surface area (Å²) in [4.78, 5) is 16.4. The first-order chi connectivity index (χ1) is 12.7. The molecule has 4 aromatic rings. The number of fused-ring (bicyclic) bond motifs is 1. The summed E-state index contributed by atoms with van der Waals surface area (Å²) < 4.78 is 15.2. The van der Waals surface area contributed by atoms with Gasteiger partial charge < -0.3 is 9.88 Å². The monoisotopic (exact) mass is 365 g/mol. The number of nitrogens with zero attached hydrogens (tertiary/aromatic N) is 2. The highest BCUT2D eigenvalue weighted by Gasteiger charge is 2.13. The SMILES string of the molecule is O=C(Cc1cn(Cc2ccc(F)cc2)c2ccccc12)Nc1nccs1. The molecule has 26 heavy (non-hydrogen) atoms. The largest absolute Gasteiger partial charge is 0.343 e. The van der Waals surface area contributed by atoms with Crippen molar-refractivity contribution in [3.8, 4) is 0 Å². The smallest absolute Gasteiger partial charge is 0.230 e. The number of amides is 1. The summed E-state index contributed by atoms with van der Waals surface area (Å²) in [5, 5.41) is 6.29. The molecule has 0 spiro atoms. The van der Waals surface area contributed by atoms with E-state index in [0.717, 1.165) is 22.0 Å². The Morgan fingerprint density at radius 2 is 1.96 bits per heavy atom. The van der Waals surface area contributed by atoms with Crippen molar-refractivity contribution in [1.29, 1.82) is 0 Å². The molecule has 0 radical (unpaired) electrons. The van der Waals surface area contributed by atoms with Crippen LogP contribution in [0.15, 0.2) is 66.3 Å². The van der Waals surface area contributed by atoms with E-state index < -0.39 is 0 Å². The van der Waals surface area contributed by atoms with Crippen molar-refractivity contribution in [2.24, 2.45) is 0 Å². The van der Waals surface area contributed by atoms with E-state index in [9.17, 15) is 9.18 Å². The minimum Gasteiger partial charge on any atom is -0.343 e. The van der Waals surface area contributed by atoms with E-state index in [-0.39, 0.29) is 18.1 Å². The Balaban J connectivity index is 1.61. The van der Waals surface area contributed by atoms with E-state index in [1.165, 1.54) is 23.5 Å². The van der Waals surface area contributed by atoms with Gasteiger partial charge in [-0.25, -0.2) is 9.37 Å². The van der Waals surface area contributed by atoms with Crippen LogP contribution in [-0.2, 0) is 17.8 Å². The molecule has 1 N–H and O–H groups in total. The van der Waals surface area contributed by atoms with Gasteiger partial charge in [0.2, 0.25) is 5.91 Å². The molecule has 4 nitrogen and oxygen atoms in total. The number of halogens is 1. The molecule has 2 heterocycles. The van der Waals surface area contributed by atoms with Crippen LogP contribution in [0.4, 0.5) is 9.52 Å². The number of carbonyl (C=O) groups is 1. The summed E-state index contributed by atoms with van der Waals surface area (Å²) >= 11 is 1.39.